The first-order chi connectivity index (χ1) is 9.28. The second kappa shape index (κ2) is 4.81. The summed E-state index contributed by atoms with van der Waals surface area (Å²) in [6.45, 7) is 1.60. The van der Waals surface area contributed by atoms with Crippen molar-refractivity contribution in [3.8, 4) is 22.8 Å². The van der Waals surface area contributed by atoms with Gasteiger partial charge in [0.1, 0.15) is 19.0 Å². The highest BCUT2D eigenvalue weighted by Crippen LogP contribution is 2.37. The summed E-state index contributed by atoms with van der Waals surface area (Å²) in [6, 6.07) is 5.64. The predicted octanol–water partition coefficient (Wildman–Crippen LogP) is 1.58. The third-order valence-electron chi connectivity index (χ3n) is 2.96. The summed E-state index contributed by atoms with van der Waals surface area (Å²) < 4.78 is 16.4. The molecule has 0 aliphatic carbocycles. The molecular formula is C13H15N3O3. The molecule has 1 aliphatic heterocycles. The molecule has 0 atom stereocenters. The van der Waals surface area contributed by atoms with Crippen LogP contribution in [0.15, 0.2) is 18.2 Å². The van der Waals surface area contributed by atoms with Gasteiger partial charge in [-0.25, -0.2) is 0 Å². The van der Waals surface area contributed by atoms with Crippen molar-refractivity contribution in [2.45, 2.75) is 6.61 Å². The second-order valence-electron chi connectivity index (χ2n) is 4.29. The van der Waals surface area contributed by atoms with Gasteiger partial charge in [0.15, 0.2) is 11.5 Å². The Labute approximate surface area is 110 Å². The van der Waals surface area contributed by atoms with Crippen molar-refractivity contribution >= 4 is 5.82 Å². The van der Waals surface area contributed by atoms with Crippen LogP contribution in [-0.2, 0) is 11.3 Å². The van der Waals surface area contributed by atoms with Gasteiger partial charge in [-0.2, -0.15) is 5.10 Å². The van der Waals surface area contributed by atoms with Crippen LogP contribution >= 0.6 is 0 Å². The van der Waals surface area contributed by atoms with Gasteiger partial charge in [0.25, 0.3) is 0 Å². The molecule has 0 bridgehead atoms. The Morgan fingerprint density at radius 1 is 1.26 bits per heavy atom. The Balaban J connectivity index is 2.10. The molecule has 0 saturated carbocycles. The molecule has 0 spiro atoms. The quantitative estimate of drug-likeness (QED) is 0.876. The van der Waals surface area contributed by atoms with E-state index >= 15 is 0 Å². The maximum Gasteiger partial charge on any atom is 0.162 e. The zero-order valence-electron chi connectivity index (χ0n) is 10.6. The molecule has 0 unspecified atom stereocenters. The third-order valence-corrected chi connectivity index (χ3v) is 2.96. The van der Waals surface area contributed by atoms with Gasteiger partial charge in [0.05, 0.1) is 12.3 Å². The van der Waals surface area contributed by atoms with Crippen LogP contribution in [0.4, 0.5) is 5.82 Å². The number of ether oxygens (including phenoxy) is 3. The second-order valence-corrected chi connectivity index (χ2v) is 4.29. The van der Waals surface area contributed by atoms with Gasteiger partial charge >= 0.3 is 0 Å². The van der Waals surface area contributed by atoms with Gasteiger partial charge in [-0.05, 0) is 17.7 Å². The lowest BCUT2D eigenvalue weighted by Gasteiger charge is -2.20. The fourth-order valence-electron chi connectivity index (χ4n) is 2.13. The Bertz CT molecular complexity index is 595. The first-order valence-corrected chi connectivity index (χ1v) is 6.00. The van der Waals surface area contributed by atoms with Crippen molar-refractivity contribution in [2.75, 3.05) is 26.1 Å². The summed E-state index contributed by atoms with van der Waals surface area (Å²) >= 11 is 0. The maximum atomic E-state index is 5.65. The number of nitrogens with zero attached hydrogens (tertiary/aromatic N) is 1. The summed E-state index contributed by atoms with van der Waals surface area (Å²) in [5.41, 5.74) is 8.43. The molecule has 3 N–H and O–H groups in total. The number of hydrogen-bond acceptors (Lipinski definition) is 5. The van der Waals surface area contributed by atoms with Crippen molar-refractivity contribution in [2.24, 2.45) is 0 Å². The monoisotopic (exact) mass is 261 g/mol. The van der Waals surface area contributed by atoms with Crippen molar-refractivity contribution in [3.63, 3.8) is 0 Å². The smallest absolute Gasteiger partial charge is 0.162 e. The summed E-state index contributed by atoms with van der Waals surface area (Å²) in [4.78, 5) is 0. The van der Waals surface area contributed by atoms with Gasteiger partial charge in [-0.15, -0.1) is 0 Å². The number of anilines is 1. The molecule has 2 aromatic rings. The average molecular weight is 261 g/mol. The Hall–Kier alpha value is -2.21. The maximum absolute atomic E-state index is 5.65. The SMILES string of the molecule is COCc1cc2c(cc1-c1cc(N)n[nH]1)OCCO2. The number of nitrogens with two attached hydrogens (primary N) is 1. The van der Waals surface area contributed by atoms with E-state index in [0.29, 0.717) is 25.6 Å². The largest absolute Gasteiger partial charge is 0.486 e. The summed E-state index contributed by atoms with van der Waals surface area (Å²) in [5.74, 6) is 1.93. The zero-order valence-corrected chi connectivity index (χ0v) is 10.6. The van der Waals surface area contributed by atoms with E-state index in [-0.39, 0.29) is 0 Å². The molecule has 2 heterocycles. The number of benzene rings is 1. The number of methoxy groups -OCH3 is 1. The fourth-order valence-corrected chi connectivity index (χ4v) is 2.13. The minimum atomic E-state index is 0.452. The minimum absolute atomic E-state index is 0.452. The summed E-state index contributed by atoms with van der Waals surface area (Å²) in [7, 11) is 1.65. The van der Waals surface area contributed by atoms with E-state index in [4.69, 9.17) is 19.9 Å². The first kappa shape index (κ1) is 11.9. The van der Waals surface area contributed by atoms with E-state index in [1.807, 2.05) is 12.1 Å². The molecular weight excluding hydrogens is 246 g/mol. The van der Waals surface area contributed by atoms with Gasteiger partial charge in [-0.1, -0.05) is 0 Å². The van der Waals surface area contributed by atoms with Gasteiger partial charge in [0, 0.05) is 18.7 Å². The molecule has 0 amide bonds. The predicted molar refractivity (Wildman–Crippen MR) is 70.1 cm³/mol. The normalized spacial score (nSPS) is 13.5. The highest BCUT2D eigenvalue weighted by molar-refractivity contribution is 5.70. The van der Waals surface area contributed by atoms with E-state index in [1.165, 1.54) is 0 Å². The molecule has 1 aromatic carbocycles. The lowest BCUT2D eigenvalue weighted by molar-refractivity contribution is 0.168. The van der Waals surface area contributed by atoms with Crippen LogP contribution in [0, 0.1) is 0 Å². The van der Waals surface area contributed by atoms with Crippen LogP contribution in [0.25, 0.3) is 11.3 Å². The highest BCUT2D eigenvalue weighted by Gasteiger charge is 2.17. The minimum Gasteiger partial charge on any atom is -0.486 e. The van der Waals surface area contributed by atoms with E-state index in [1.54, 1.807) is 13.2 Å². The number of nitrogen functional groups attached to an aromatic ring is 1. The van der Waals surface area contributed by atoms with Crippen LogP contribution in [-0.4, -0.2) is 30.5 Å². The molecule has 1 aliphatic rings. The van der Waals surface area contributed by atoms with Crippen LogP contribution in [0.1, 0.15) is 5.56 Å². The lowest BCUT2D eigenvalue weighted by atomic mass is 10.0. The van der Waals surface area contributed by atoms with Crippen molar-refractivity contribution in [1.29, 1.82) is 0 Å². The third kappa shape index (κ3) is 2.22. The molecule has 1 aromatic heterocycles. The van der Waals surface area contributed by atoms with Crippen LogP contribution in [0.3, 0.4) is 0 Å². The first-order valence-electron chi connectivity index (χ1n) is 6.00. The number of aromatic nitrogens is 2. The fraction of sp³-hybridized carbons (Fsp3) is 0.308. The molecule has 0 saturated heterocycles. The Morgan fingerprint density at radius 2 is 2.00 bits per heavy atom. The molecule has 100 valence electrons. The molecule has 3 rings (SSSR count). The van der Waals surface area contributed by atoms with Gasteiger partial charge < -0.3 is 19.9 Å². The molecule has 19 heavy (non-hydrogen) atoms. The van der Waals surface area contributed by atoms with Crippen molar-refractivity contribution in [3.05, 3.63) is 23.8 Å². The Kier molecular flexibility index (Phi) is 3.00. The Morgan fingerprint density at radius 3 is 2.63 bits per heavy atom. The van der Waals surface area contributed by atoms with Crippen LogP contribution < -0.4 is 15.2 Å². The zero-order chi connectivity index (χ0) is 13.2. The molecule has 0 radical (unpaired) electrons. The van der Waals surface area contributed by atoms with E-state index in [9.17, 15) is 0 Å². The van der Waals surface area contributed by atoms with E-state index in [2.05, 4.69) is 10.2 Å². The number of nitrogens with one attached hydrogen (secondary N) is 1. The number of H-pyrrole nitrogens is 1. The summed E-state index contributed by atoms with van der Waals surface area (Å²) in [6.07, 6.45) is 0. The van der Waals surface area contributed by atoms with E-state index in [0.717, 1.165) is 28.3 Å². The number of rotatable bonds is 3. The van der Waals surface area contributed by atoms with Gasteiger partial charge in [0.2, 0.25) is 0 Å². The standard InChI is InChI=1S/C13H15N3O3/c1-17-7-8-4-11-12(19-3-2-18-11)5-9(8)10-6-13(14)16-15-10/h4-6H,2-3,7H2,1H3,(H3,14,15,16). The van der Waals surface area contributed by atoms with Crippen LogP contribution in [0.5, 0.6) is 11.5 Å². The molecule has 6 nitrogen and oxygen atoms in total. The number of fused-ring (bicyclic) bond motifs is 1. The molecule has 0 fully saturated rings. The van der Waals surface area contributed by atoms with Crippen LogP contribution in [0.2, 0.25) is 0 Å². The lowest BCUT2D eigenvalue weighted by Crippen LogP contribution is -2.15. The van der Waals surface area contributed by atoms with E-state index < -0.39 is 0 Å². The van der Waals surface area contributed by atoms with Crippen molar-refractivity contribution in [1.82, 2.24) is 10.2 Å². The molecule has 6 heteroatoms. The average Bonchev–Trinajstić information content (AvgIpc) is 2.85. The highest BCUT2D eigenvalue weighted by atomic mass is 16.6. The summed E-state index contributed by atoms with van der Waals surface area (Å²) in [5, 5.41) is 6.85. The topological polar surface area (TPSA) is 82.4 Å². The number of hydrogen-bond donors (Lipinski definition) is 2. The number of aromatic amines is 1. The van der Waals surface area contributed by atoms with Gasteiger partial charge in [-0.3, -0.25) is 5.10 Å². The van der Waals surface area contributed by atoms with Crippen molar-refractivity contribution < 1.29 is 14.2 Å².